The lowest BCUT2D eigenvalue weighted by atomic mass is 9.96. The highest BCUT2D eigenvalue weighted by molar-refractivity contribution is 7.13. The van der Waals surface area contributed by atoms with Crippen LogP contribution in [0, 0.1) is 5.41 Å². The van der Waals surface area contributed by atoms with Crippen molar-refractivity contribution in [3.63, 3.8) is 0 Å². The summed E-state index contributed by atoms with van der Waals surface area (Å²) in [5.74, 6) is 0.0418. The molecule has 25 heavy (non-hydrogen) atoms. The molecule has 2 heterocycles. The fourth-order valence-corrected chi connectivity index (χ4v) is 3.30. The number of hydrogen-bond acceptors (Lipinski definition) is 5. The van der Waals surface area contributed by atoms with Crippen molar-refractivity contribution in [2.24, 2.45) is 5.41 Å². The summed E-state index contributed by atoms with van der Waals surface area (Å²) < 4.78 is 0. The Morgan fingerprint density at radius 2 is 2.04 bits per heavy atom. The van der Waals surface area contributed by atoms with Crippen LogP contribution in [0.1, 0.15) is 39.3 Å². The Kier molecular flexibility index (Phi) is 9.94. The fourth-order valence-electron chi connectivity index (χ4n) is 2.60. The van der Waals surface area contributed by atoms with Crippen LogP contribution in [0.2, 0.25) is 0 Å². The zero-order valence-electron chi connectivity index (χ0n) is 15.1. The van der Waals surface area contributed by atoms with Gasteiger partial charge in [0.1, 0.15) is 0 Å². The molecule has 2 N–H and O–H groups in total. The van der Waals surface area contributed by atoms with Crippen LogP contribution in [0.5, 0.6) is 0 Å². The molecule has 0 aliphatic carbocycles. The maximum Gasteiger partial charge on any atom is 0.231 e. The molecular formula is C16H28Cl2N4O2S. The Hall–Kier alpha value is -0.890. The molecule has 1 atom stereocenters. The van der Waals surface area contributed by atoms with Crippen molar-refractivity contribution in [3.05, 3.63) is 11.1 Å². The Bertz CT molecular complexity index is 575. The van der Waals surface area contributed by atoms with E-state index in [4.69, 9.17) is 0 Å². The normalized spacial score (nSPS) is 16.8. The molecule has 2 rings (SSSR count). The van der Waals surface area contributed by atoms with Gasteiger partial charge in [0.25, 0.3) is 0 Å². The smallest absolute Gasteiger partial charge is 0.231 e. The van der Waals surface area contributed by atoms with Gasteiger partial charge in [0.2, 0.25) is 11.8 Å². The van der Waals surface area contributed by atoms with Gasteiger partial charge in [0.15, 0.2) is 5.13 Å². The first-order valence-corrected chi connectivity index (χ1v) is 8.89. The third-order valence-electron chi connectivity index (χ3n) is 3.92. The van der Waals surface area contributed by atoms with E-state index in [1.165, 1.54) is 11.3 Å². The van der Waals surface area contributed by atoms with Crippen LogP contribution >= 0.6 is 36.2 Å². The van der Waals surface area contributed by atoms with Crippen molar-refractivity contribution in [2.75, 3.05) is 25.5 Å². The lowest BCUT2D eigenvalue weighted by Crippen LogP contribution is -2.41. The molecule has 6 nitrogen and oxygen atoms in total. The summed E-state index contributed by atoms with van der Waals surface area (Å²) in [6, 6.07) is 0.284. The molecule has 0 radical (unpaired) electrons. The van der Waals surface area contributed by atoms with E-state index >= 15 is 0 Å². The largest absolute Gasteiger partial charge is 0.338 e. The minimum absolute atomic E-state index is 0. The number of halogens is 2. The zero-order chi connectivity index (χ0) is 17.0. The summed E-state index contributed by atoms with van der Waals surface area (Å²) in [6.45, 7) is 7.22. The molecule has 0 saturated carbocycles. The molecule has 0 aromatic carbocycles. The van der Waals surface area contributed by atoms with Crippen LogP contribution < -0.4 is 10.6 Å². The molecule has 1 aliphatic rings. The van der Waals surface area contributed by atoms with Crippen LogP contribution in [0.25, 0.3) is 0 Å². The average molecular weight is 411 g/mol. The van der Waals surface area contributed by atoms with Gasteiger partial charge >= 0.3 is 0 Å². The van der Waals surface area contributed by atoms with E-state index in [2.05, 4.69) is 15.6 Å². The monoisotopic (exact) mass is 410 g/mol. The Labute approximate surface area is 166 Å². The number of aromatic nitrogens is 1. The third kappa shape index (κ3) is 6.73. The Morgan fingerprint density at radius 3 is 2.64 bits per heavy atom. The van der Waals surface area contributed by atoms with Gasteiger partial charge in [-0.05, 0) is 19.9 Å². The first-order valence-electron chi connectivity index (χ1n) is 8.01. The second-order valence-electron chi connectivity index (χ2n) is 6.97. The van der Waals surface area contributed by atoms with Gasteiger partial charge in [-0.2, -0.15) is 0 Å². The second-order valence-corrected chi connectivity index (χ2v) is 7.82. The number of carbonyl (C=O) groups excluding carboxylic acids is 2. The number of likely N-dealkylation sites (N-methyl/N-ethyl adjacent to an activating group) is 1. The number of nitrogens with zero attached hydrogens (tertiary/aromatic N) is 2. The van der Waals surface area contributed by atoms with Crippen molar-refractivity contribution >= 4 is 53.1 Å². The molecule has 9 heteroatoms. The molecule has 1 aromatic rings. The molecule has 1 saturated heterocycles. The van der Waals surface area contributed by atoms with Gasteiger partial charge < -0.3 is 15.5 Å². The maximum absolute atomic E-state index is 12.5. The van der Waals surface area contributed by atoms with Crippen molar-refractivity contribution in [3.8, 4) is 0 Å². The number of thiazole rings is 1. The van der Waals surface area contributed by atoms with Gasteiger partial charge in [0, 0.05) is 29.9 Å². The van der Waals surface area contributed by atoms with E-state index < -0.39 is 5.41 Å². The van der Waals surface area contributed by atoms with Crippen molar-refractivity contribution < 1.29 is 9.59 Å². The summed E-state index contributed by atoms with van der Waals surface area (Å²) >= 11 is 1.36. The predicted molar refractivity (Wildman–Crippen MR) is 107 cm³/mol. The summed E-state index contributed by atoms with van der Waals surface area (Å²) in [6.07, 6.45) is 2.40. The number of nitrogens with one attached hydrogen (secondary N) is 2. The molecule has 0 bridgehead atoms. The number of hydrogen-bond donors (Lipinski definition) is 2. The van der Waals surface area contributed by atoms with E-state index in [1.54, 1.807) is 0 Å². The predicted octanol–water partition coefficient (Wildman–Crippen LogP) is 2.72. The number of likely N-dealkylation sites (tertiary alicyclic amines) is 1. The minimum atomic E-state index is -0.461. The van der Waals surface area contributed by atoms with E-state index in [9.17, 15) is 9.59 Å². The lowest BCUT2D eigenvalue weighted by Gasteiger charge is -2.24. The number of rotatable bonds is 5. The molecule has 1 aliphatic heterocycles. The number of anilines is 1. The van der Waals surface area contributed by atoms with Gasteiger partial charge in [-0.25, -0.2) is 4.98 Å². The van der Waals surface area contributed by atoms with Crippen LogP contribution in [0.15, 0.2) is 5.38 Å². The molecule has 1 fully saturated rings. The summed E-state index contributed by atoms with van der Waals surface area (Å²) in [7, 11) is 1.91. The first-order chi connectivity index (χ1) is 10.8. The average Bonchev–Trinajstić information content (AvgIpc) is 3.07. The van der Waals surface area contributed by atoms with Gasteiger partial charge in [-0.3, -0.25) is 9.59 Å². The molecule has 1 aromatic heterocycles. The molecule has 1 unspecified atom stereocenters. The molecule has 144 valence electrons. The molecule has 2 amide bonds. The van der Waals surface area contributed by atoms with E-state index in [0.29, 0.717) is 11.6 Å². The molecule has 0 spiro atoms. The molecular weight excluding hydrogens is 383 g/mol. The van der Waals surface area contributed by atoms with Crippen molar-refractivity contribution in [2.45, 2.75) is 46.1 Å². The first kappa shape index (κ1) is 24.1. The van der Waals surface area contributed by atoms with Gasteiger partial charge in [-0.15, -0.1) is 36.2 Å². The topological polar surface area (TPSA) is 74.3 Å². The highest BCUT2D eigenvalue weighted by Crippen LogP contribution is 2.22. The van der Waals surface area contributed by atoms with E-state index in [0.717, 1.165) is 31.6 Å². The highest BCUT2D eigenvalue weighted by Gasteiger charge is 2.28. The fraction of sp³-hybridized carbons (Fsp3) is 0.688. The Morgan fingerprint density at radius 1 is 1.36 bits per heavy atom. The quantitative estimate of drug-likeness (QED) is 0.782. The standard InChI is InChI=1S/C16H26N4O2S.2ClH/c1-16(2,3)14(22)19-15-18-11(10-23-15)8-13(21)20-7-5-6-12(20)9-17-4;;/h10,12,17H,5-9H2,1-4H3,(H,18,19,22);2*1H. The minimum Gasteiger partial charge on any atom is -0.338 e. The van der Waals surface area contributed by atoms with Gasteiger partial charge in [-0.1, -0.05) is 20.8 Å². The number of carbonyl (C=O) groups is 2. The van der Waals surface area contributed by atoms with Crippen LogP contribution in [-0.4, -0.2) is 47.9 Å². The van der Waals surface area contributed by atoms with Gasteiger partial charge in [0.05, 0.1) is 12.1 Å². The summed E-state index contributed by atoms with van der Waals surface area (Å²) in [4.78, 5) is 30.7. The third-order valence-corrected chi connectivity index (χ3v) is 4.73. The van der Waals surface area contributed by atoms with Crippen LogP contribution in [-0.2, 0) is 16.0 Å². The Balaban J connectivity index is 0.00000288. The highest BCUT2D eigenvalue weighted by atomic mass is 35.5. The van der Waals surface area contributed by atoms with E-state index in [-0.39, 0.29) is 42.7 Å². The maximum atomic E-state index is 12.5. The summed E-state index contributed by atoms with van der Waals surface area (Å²) in [5.41, 5.74) is 0.261. The number of amides is 2. The van der Waals surface area contributed by atoms with Crippen molar-refractivity contribution in [1.82, 2.24) is 15.2 Å². The second kappa shape index (κ2) is 10.3. The van der Waals surface area contributed by atoms with Crippen LogP contribution in [0.4, 0.5) is 5.13 Å². The summed E-state index contributed by atoms with van der Waals surface area (Å²) in [5, 5.41) is 8.35. The van der Waals surface area contributed by atoms with Crippen LogP contribution in [0.3, 0.4) is 0 Å². The lowest BCUT2D eigenvalue weighted by molar-refractivity contribution is -0.131. The van der Waals surface area contributed by atoms with Crippen molar-refractivity contribution in [1.29, 1.82) is 0 Å². The zero-order valence-corrected chi connectivity index (χ0v) is 17.6. The van der Waals surface area contributed by atoms with E-state index in [1.807, 2.05) is 38.1 Å². The SMILES string of the molecule is CNCC1CCCN1C(=O)Cc1csc(NC(=O)C(C)(C)C)n1.Cl.Cl.